The number of carboxylic acid groups (broad SMARTS) is 1. The summed E-state index contributed by atoms with van der Waals surface area (Å²) in [5.74, 6) is -0.0116. The zero-order chi connectivity index (χ0) is 25.1. The summed E-state index contributed by atoms with van der Waals surface area (Å²) in [5.41, 5.74) is -1.82. The lowest BCUT2D eigenvalue weighted by Crippen LogP contribution is -2.70. The summed E-state index contributed by atoms with van der Waals surface area (Å²) >= 11 is 0. The molecule has 10 atom stereocenters. The zero-order valence-corrected chi connectivity index (χ0v) is 21.9. The summed E-state index contributed by atoms with van der Waals surface area (Å²) in [6.45, 7) is 12.8. The van der Waals surface area contributed by atoms with Crippen LogP contribution in [0.5, 0.6) is 0 Å². The Kier molecular flexibility index (Phi) is 5.16. The molecule has 0 aromatic carbocycles. The Balaban J connectivity index is 1.61. The van der Waals surface area contributed by atoms with Gasteiger partial charge < -0.3 is 10.2 Å². The van der Waals surface area contributed by atoms with Gasteiger partial charge in [0.25, 0.3) is 0 Å². The summed E-state index contributed by atoms with van der Waals surface area (Å²) in [4.78, 5) is 38.3. The van der Waals surface area contributed by atoms with Gasteiger partial charge >= 0.3 is 5.97 Å². The molecule has 0 bridgehead atoms. The van der Waals surface area contributed by atoms with Gasteiger partial charge in [-0.2, -0.15) is 0 Å². The van der Waals surface area contributed by atoms with Crippen LogP contribution in [0, 0.1) is 56.7 Å². The van der Waals surface area contributed by atoms with Gasteiger partial charge in [-0.1, -0.05) is 34.6 Å². The van der Waals surface area contributed by atoms with Crippen molar-refractivity contribution in [1.82, 2.24) is 0 Å². The van der Waals surface area contributed by atoms with E-state index in [-0.39, 0.29) is 51.6 Å². The first-order valence-corrected chi connectivity index (χ1v) is 13.6. The van der Waals surface area contributed by atoms with Gasteiger partial charge in [0.2, 0.25) is 0 Å². The number of aliphatic hydroxyl groups excluding tert-OH is 1. The fourth-order valence-corrected chi connectivity index (χ4v) is 11.2. The molecule has 0 aromatic heterocycles. The van der Waals surface area contributed by atoms with Crippen molar-refractivity contribution in [3.63, 3.8) is 0 Å². The standard InChI is InChI=1S/C29H44O5/c1-16(30)17-9-12-29(24(33)34)14-13-27(5)18(23(17)29)7-8-19-26(4)11-10-21(31)25(2,3)20(26)15-22(32)28(19,27)6/h17-20,22-23,32H,7-15H2,1-6H3,(H,33,34)/t17-,18+,19+,20-,22-,23+,26+,27+,28-,29-/m0/s1. The molecule has 0 aromatic rings. The summed E-state index contributed by atoms with van der Waals surface area (Å²) in [5, 5.41) is 22.3. The number of carbonyl (C=O) groups excluding carboxylic acids is 2. The normalized spacial score (nSPS) is 53.8. The van der Waals surface area contributed by atoms with Crippen LogP contribution in [0.4, 0.5) is 0 Å². The first-order chi connectivity index (χ1) is 15.7. The molecule has 5 fully saturated rings. The van der Waals surface area contributed by atoms with Crippen molar-refractivity contribution in [3.8, 4) is 0 Å². The van der Waals surface area contributed by atoms with Gasteiger partial charge in [-0.3, -0.25) is 14.4 Å². The van der Waals surface area contributed by atoms with E-state index in [0.29, 0.717) is 37.9 Å². The average molecular weight is 473 g/mol. The first kappa shape index (κ1) is 24.5. The van der Waals surface area contributed by atoms with E-state index >= 15 is 0 Å². The molecule has 34 heavy (non-hydrogen) atoms. The smallest absolute Gasteiger partial charge is 0.309 e. The van der Waals surface area contributed by atoms with Crippen LogP contribution in [-0.2, 0) is 14.4 Å². The number of hydrogen-bond donors (Lipinski definition) is 2. The Morgan fingerprint density at radius 3 is 2.21 bits per heavy atom. The molecular weight excluding hydrogens is 428 g/mol. The molecule has 2 N–H and O–H groups in total. The Morgan fingerprint density at radius 2 is 1.59 bits per heavy atom. The first-order valence-electron chi connectivity index (χ1n) is 13.6. The van der Waals surface area contributed by atoms with E-state index in [0.717, 1.165) is 25.7 Å². The van der Waals surface area contributed by atoms with Crippen molar-refractivity contribution >= 4 is 17.5 Å². The van der Waals surface area contributed by atoms with Crippen LogP contribution < -0.4 is 0 Å². The molecule has 0 amide bonds. The fourth-order valence-electron chi connectivity index (χ4n) is 11.2. The fraction of sp³-hybridized carbons (Fsp3) is 0.897. The number of carboxylic acids is 1. The lowest BCUT2D eigenvalue weighted by atomic mass is 9.31. The third kappa shape index (κ3) is 2.63. The van der Waals surface area contributed by atoms with E-state index in [9.17, 15) is 24.6 Å². The van der Waals surface area contributed by atoms with Crippen LogP contribution in [0.15, 0.2) is 0 Å². The number of hydrogen-bond acceptors (Lipinski definition) is 4. The van der Waals surface area contributed by atoms with Gasteiger partial charge in [0.1, 0.15) is 11.6 Å². The highest BCUT2D eigenvalue weighted by Crippen LogP contribution is 2.77. The summed E-state index contributed by atoms with van der Waals surface area (Å²) in [6.07, 6.45) is 6.14. The van der Waals surface area contributed by atoms with E-state index in [1.54, 1.807) is 6.92 Å². The highest BCUT2D eigenvalue weighted by atomic mass is 16.4. The Hall–Kier alpha value is -1.23. The van der Waals surface area contributed by atoms with Crippen LogP contribution in [-0.4, -0.2) is 33.9 Å². The van der Waals surface area contributed by atoms with E-state index in [4.69, 9.17) is 0 Å². The van der Waals surface area contributed by atoms with Gasteiger partial charge in [0, 0.05) is 23.2 Å². The zero-order valence-electron chi connectivity index (χ0n) is 21.9. The molecule has 190 valence electrons. The second-order valence-corrected chi connectivity index (χ2v) is 14.1. The predicted octanol–water partition coefficient (Wildman–Crippen LogP) is 5.28. The van der Waals surface area contributed by atoms with E-state index in [2.05, 4.69) is 34.6 Å². The molecule has 0 saturated heterocycles. The number of carbonyl (C=O) groups is 3. The minimum atomic E-state index is -0.797. The van der Waals surface area contributed by atoms with E-state index in [1.807, 2.05) is 0 Å². The van der Waals surface area contributed by atoms with Crippen LogP contribution in [0.2, 0.25) is 0 Å². The van der Waals surface area contributed by atoms with Crippen molar-refractivity contribution < 1.29 is 24.6 Å². The molecule has 5 nitrogen and oxygen atoms in total. The molecule has 5 rings (SSSR count). The van der Waals surface area contributed by atoms with Gasteiger partial charge in [0.15, 0.2) is 0 Å². The third-order valence-electron chi connectivity index (χ3n) is 13.2. The van der Waals surface area contributed by atoms with Crippen molar-refractivity contribution in [2.45, 2.75) is 105 Å². The number of aliphatic carboxylic acids is 1. The molecule has 0 heterocycles. The van der Waals surface area contributed by atoms with Crippen LogP contribution in [0.3, 0.4) is 0 Å². The SMILES string of the molecule is CC(=O)[C@@H]1CC[C@]2(C(=O)O)CC[C@]3(C)[C@H](CC[C@@H]4[C@@]5(C)CCC(=O)C(C)(C)[C@@H]5C[C@H](O)[C@]43C)[C@@H]12. The predicted molar refractivity (Wildman–Crippen MR) is 129 cm³/mol. The number of rotatable bonds is 2. The second-order valence-electron chi connectivity index (χ2n) is 14.1. The summed E-state index contributed by atoms with van der Waals surface area (Å²) in [7, 11) is 0. The maximum Gasteiger partial charge on any atom is 0.309 e. The van der Waals surface area contributed by atoms with Gasteiger partial charge in [-0.05, 0) is 92.8 Å². The number of aliphatic hydroxyl groups is 1. The topological polar surface area (TPSA) is 91.7 Å². The highest BCUT2D eigenvalue weighted by molar-refractivity contribution is 5.85. The Morgan fingerprint density at radius 1 is 0.912 bits per heavy atom. The van der Waals surface area contributed by atoms with Crippen LogP contribution in [0.1, 0.15) is 99.3 Å². The minimum Gasteiger partial charge on any atom is -0.481 e. The lowest BCUT2D eigenvalue weighted by molar-refractivity contribution is -0.271. The lowest BCUT2D eigenvalue weighted by Gasteiger charge is -2.73. The molecule has 0 radical (unpaired) electrons. The third-order valence-corrected chi connectivity index (χ3v) is 13.2. The average Bonchev–Trinajstić information content (AvgIpc) is 3.16. The summed E-state index contributed by atoms with van der Waals surface area (Å²) in [6, 6.07) is 0. The minimum absolute atomic E-state index is 0.0175. The maximum absolute atomic E-state index is 12.9. The van der Waals surface area contributed by atoms with E-state index in [1.165, 1.54) is 0 Å². The molecule has 0 spiro atoms. The molecule has 5 heteroatoms. The van der Waals surface area contributed by atoms with Crippen molar-refractivity contribution in [2.24, 2.45) is 56.7 Å². The molecular formula is C29H44O5. The second kappa shape index (κ2) is 7.17. The quantitative estimate of drug-likeness (QED) is 0.570. The highest BCUT2D eigenvalue weighted by Gasteiger charge is 2.74. The monoisotopic (exact) mass is 472 g/mol. The van der Waals surface area contributed by atoms with Crippen molar-refractivity contribution in [2.75, 3.05) is 0 Å². The van der Waals surface area contributed by atoms with Crippen LogP contribution in [0.25, 0.3) is 0 Å². The van der Waals surface area contributed by atoms with Crippen LogP contribution >= 0.6 is 0 Å². The number of Topliss-reactive ketones (excluding diaryl/α,β-unsaturated/α-hetero) is 2. The molecule has 0 unspecified atom stereocenters. The van der Waals surface area contributed by atoms with Gasteiger partial charge in [-0.15, -0.1) is 0 Å². The Labute approximate surface area is 204 Å². The molecule has 5 saturated carbocycles. The Bertz CT molecular complexity index is 939. The largest absolute Gasteiger partial charge is 0.481 e. The van der Waals surface area contributed by atoms with Crippen molar-refractivity contribution in [1.29, 1.82) is 0 Å². The van der Waals surface area contributed by atoms with E-state index < -0.39 is 22.9 Å². The number of fused-ring (bicyclic) bond motifs is 7. The number of ketones is 2. The molecule has 5 aliphatic rings. The molecule has 5 aliphatic carbocycles. The van der Waals surface area contributed by atoms with Gasteiger partial charge in [0.05, 0.1) is 11.5 Å². The molecule has 0 aliphatic heterocycles. The maximum atomic E-state index is 12.9. The summed E-state index contributed by atoms with van der Waals surface area (Å²) < 4.78 is 0. The van der Waals surface area contributed by atoms with Crippen molar-refractivity contribution in [3.05, 3.63) is 0 Å². The van der Waals surface area contributed by atoms with Gasteiger partial charge in [-0.25, -0.2) is 0 Å².